The highest BCUT2D eigenvalue weighted by atomic mass is 19.1. The summed E-state index contributed by atoms with van der Waals surface area (Å²) in [6.07, 6.45) is 2.03. The Hall–Kier alpha value is -4.00. The first-order chi connectivity index (χ1) is 17.2. The Bertz CT molecular complexity index is 1380. The topological polar surface area (TPSA) is 77.2 Å². The molecule has 1 heterocycles. The summed E-state index contributed by atoms with van der Waals surface area (Å²) < 4.78 is 16.3. The molecular weight excluding hydrogens is 457 g/mol. The van der Waals surface area contributed by atoms with Gasteiger partial charge in [-0.2, -0.15) is 0 Å². The lowest BCUT2D eigenvalue weighted by atomic mass is 9.87. The number of hydrogen-bond donors (Lipinski definition) is 1. The van der Waals surface area contributed by atoms with Crippen molar-refractivity contribution in [1.82, 2.24) is 9.88 Å². The van der Waals surface area contributed by atoms with E-state index in [2.05, 4.69) is 5.32 Å². The Balaban J connectivity index is 1.85. The number of amides is 1. The predicted octanol–water partition coefficient (Wildman–Crippen LogP) is 6.42. The molecule has 1 N–H and O–H groups in total. The van der Waals surface area contributed by atoms with Gasteiger partial charge in [-0.3, -0.25) is 14.9 Å². The van der Waals surface area contributed by atoms with Gasteiger partial charge in [-0.15, -0.1) is 0 Å². The molecule has 0 aliphatic rings. The number of nitro groups is 1. The van der Waals surface area contributed by atoms with Crippen LogP contribution in [0.25, 0.3) is 10.9 Å². The molecule has 1 amide bonds. The van der Waals surface area contributed by atoms with Crippen LogP contribution < -0.4 is 5.32 Å². The lowest BCUT2D eigenvalue weighted by molar-refractivity contribution is -0.384. The molecule has 1 aromatic heterocycles. The van der Waals surface area contributed by atoms with Gasteiger partial charge in [-0.1, -0.05) is 56.3 Å². The minimum Gasteiger partial charge on any atom is -0.353 e. The molecular formula is C29H30FN3O3. The van der Waals surface area contributed by atoms with Gasteiger partial charge in [0, 0.05) is 54.2 Å². The molecule has 0 bridgehead atoms. The summed E-state index contributed by atoms with van der Waals surface area (Å²) in [5.41, 5.74) is 3.26. The Kier molecular flexibility index (Phi) is 7.48. The van der Waals surface area contributed by atoms with Gasteiger partial charge in [0.2, 0.25) is 5.91 Å². The summed E-state index contributed by atoms with van der Waals surface area (Å²) in [4.78, 5) is 24.3. The highest BCUT2D eigenvalue weighted by Crippen LogP contribution is 2.37. The second-order valence-corrected chi connectivity index (χ2v) is 9.57. The number of non-ortho nitro benzene ring substituents is 1. The van der Waals surface area contributed by atoms with Crippen molar-refractivity contribution in [1.29, 1.82) is 0 Å². The maximum atomic E-state index is 14.3. The zero-order valence-electron chi connectivity index (χ0n) is 20.6. The average molecular weight is 488 g/mol. The molecule has 0 aliphatic heterocycles. The normalized spacial score (nSPS) is 13.0. The van der Waals surface area contributed by atoms with Crippen LogP contribution in [0.4, 0.5) is 10.1 Å². The van der Waals surface area contributed by atoms with Gasteiger partial charge in [0.25, 0.3) is 5.69 Å². The van der Waals surface area contributed by atoms with E-state index in [0.717, 1.165) is 16.6 Å². The van der Waals surface area contributed by atoms with Crippen LogP contribution in [0.2, 0.25) is 0 Å². The molecule has 3 aromatic carbocycles. The van der Waals surface area contributed by atoms with Gasteiger partial charge in [0.15, 0.2) is 0 Å². The molecule has 0 unspecified atom stereocenters. The number of fused-ring (bicyclic) bond motifs is 1. The maximum absolute atomic E-state index is 14.3. The van der Waals surface area contributed by atoms with E-state index < -0.39 is 16.7 Å². The number of hydrogen-bond acceptors (Lipinski definition) is 3. The largest absolute Gasteiger partial charge is 0.353 e. The fourth-order valence-corrected chi connectivity index (χ4v) is 4.41. The van der Waals surface area contributed by atoms with Crippen molar-refractivity contribution in [2.45, 2.75) is 45.7 Å². The molecule has 0 radical (unpaired) electrons. The molecule has 2 atom stereocenters. The Morgan fingerprint density at radius 2 is 1.78 bits per heavy atom. The van der Waals surface area contributed by atoms with Crippen molar-refractivity contribution >= 4 is 22.5 Å². The third-order valence-corrected chi connectivity index (χ3v) is 6.71. The first-order valence-corrected chi connectivity index (χ1v) is 12.1. The minimum absolute atomic E-state index is 0.0221. The molecule has 0 saturated carbocycles. The van der Waals surface area contributed by atoms with Gasteiger partial charge in [0.1, 0.15) is 5.82 Å². The number of nitro benzene ring substituents is 1. The first kappa shape index (κ1) is 25.1. The van der Waals surface area contributed by atoms with Crippen LogP contribution in [0, 0.1) is 21.8 Å². The standard InChI is InChI=1S/C29H30FN3O3/c1-19(2)20(3)31-29(34)16-25(22-10-7-11-23(30)14-22)27-18-32(17-21-8-5-4-6-9-21)28-13-12-24(33(35)36)15-26(27)28/h4-15,18-20,25H,16-17H2,1-3H3,(H,31,34)/t20-,25-/m0/s1. The molecule has 186 valence electrons. The second kappa shape index (κ2) is 10.7. The summed E-state index contributed by atoms with van der Waals surface area (Å²) in [5.74, 6) is -0.772. The minimum atomic E-state index is -0.485. The van der Waals surface area contributed by atoms with E-state index in [0.29, 0.717) is 17.5 Å². The Morgan fingerprint density at radius 1 is 1.03 bits per heavy atom. The zero-order chi connectivity index (χ0) is 25.8. The zero-order valence-corrected chi connectivity index (χ0v) is 20.6. The van der Waals surface area contributed by atoms with Crippen molar-refractivity contribution in [2.24, 2.45) is 5.92 Å². The fraction of sp³-hybridized carbons (Fsp3) is 0.276. The van der Waals surface area contributed by atoms with E-state index >= 15 is 0 Å². The van der Waals surface area contributed by atoms with E-state index in [-0.39, 0.29) is 30.0 Å². The van der Waals surface area contributed by atoms with Crippen LogP contribution >= 0.6 is 0 Å². The average Bonchev–Trinajstić information content (AvgIpc) is 3.20. The highest BCUT2D eigenvalue weighted by Gasteiger charge is 2.25. The Morgan fingerprint density at radius 3 is 2.44 bits per heavy atom. The van der Waals surface area contributed by atoms with E-state index in [9.17, 15) is 19.3 Å². The number of rotatable bonds is 9. The van der Waals surface area contributed by atoms with Crippen molar-refractivity contribution in [2.75, 3.05) is 0 Å². The Labute approximate surface area is 209 Å². The van der Waals surface area contributed by atoms with Gasteiger partial charge < -0.3 is 9.88 Å². The van der Waals surface area contributed by atoms with Gasteiger partial charge in [-0.05, 0) is 47.7 Å². The monoisotopic (exact) mass is 487 g/mol. The van der Waals surface area contributed by atoms with Crippen molar-refractivity contribution < 1.29 is 14.1 Å². The number of carbonyl (C=O) groups excluding carboxylic acids is 1. The first-order valence-electron chi connectivity index (χ1n) is 12.1. The molecule has 7 heteroatoms. The summed E-state index contributed by atoms with van der Waals surface area (Å²) >= 11 is 0. The smallest absolute Gasteiger partial charge is 0.270 e. The van der Waals surface area contributed by atoms with Crippen LogP contribution in [0.1, 0.15) is 49.8 Å². The number of nitrogens with zero attached hydrogens (tertiary/aromatic N) is 2. The predicted molar refractivity (Wildman–Crippen MR) is 139 cm³/mol. The molecule has 6 nitrogen and oxygen atoms in total. The van der Waals surface area contributed by atoms with Gasteiger partial charge in [0.05, 0.1) is 4.92 Å². The number of halogens is 1. The number of benzene rings is 3. The molecule has 4 rings (SSSR count). The van der Waals surface area contributed by atoms with Crippen molar-refractivity contribution in [3.8, 4) is 0 Å². The van der Waals surface area contributed by atoms with E-state index in [1.807, 2.05) is 61.9 Å². The van der Waals surface area contributed by atoms with Crippen LogP contribution in [0.5, 0.6) is 0 Å². The SMILES string of the molecule is CC(C)[C@H](C)NC(=O)C[C@@H](c1cccc(F)c1)c1cn(Cc2ccccc2)c2ccc([N+](=O)[O-])cc12. The summed E-state index contributed by atoms with van der Waals surface area (Å²) in [7, 11) is 0. The van der Waals surface area contributed by atoms with Gasteiger partial charge >= 0.3 is 0 Å². The third-order valence-electron chi connectivity index (χ3n) is 6.71. The van der Waals surface area contributed by atoms with Crippen LogP contribution in [-0.2, 0) is 11.3 Å². The maximum Gasteiger partial charge on any atom is 0.270 e. The van der Waals surface area contributed by atoms with Crippen molar-refractivity contribution in [3.63, 3.8) is 0 Å². The highest BCUT2D eigenvalue weighted by molar-refractivity contribution is 5.88. The van der Waals surface area contributed by atoms with E-state index in [1.165, 1.54) is 18.2 Å². The lowest BCUT2D eigenvalue weighted by Gasteiger charge is -2.21. The second-order valence-electron chi connectivity index (χ2n) is 9.57. The van der Waals surface area contributed by atoms with E-state index in [1.54, 1.807) is 24.3 Å². The fourth-order valence-electron chi connectivity index (χ4n) is 4.41. The third kappa shape index (κ3) is 5.62. The number of nitrogens with one attached hydrogen (secondary N) is 1. The summed E-state index contributed by atoms with van der Waals surface area (Å²) in [6.45, 7) is 6.58. The summed E-state index contributed by atoms with van der Waals surface area (Å²) in [6, 6.07) is 20.9. The van der Waals surface area contributed by atoms with Crippen LogP contribution in [-0.4, -0.2) is 21.4 Å². The number of aromatic nitrogens is 1. The quantitative estimate of drug-likeness (QED) is 0.219. The van der Waals surface area contributed by atoms with Crippen molar-refractivity contribution in [3.05, 3.63) is 112 Å². The summed E-state index contributed by atoms with van der Waals surface area (Å²) in [5, 5.41) is 15.3. The molecule has 0 fully saturated rings. The van der Waals surface area contributed by atoms with Gasteiger partial charge in [-0.25, -0.2) is 4.39 Å². The molecule has 36 heavy (non-hydrogen) atoms. The van der Waals surface area contributed by atoms with Crippen LogP contribution in [0.15, 0.2) is 79.0 Å². The molecule has 0 spiro atoms. The molecule has 0 saturated heterocycles. The lowest BCUT2D eigenvalue weighted by Crippen LogP contribution is -2.36. The van der Waals surface area contributed by atoms with Crippen LogP contribution in [0.3, 0.4) is 0 Å². The van der Waals surface area contributed by atoms with E-state index in [4.69, 9.17) is 0 Å². The number of carbonyl (C=O) groups is 1. The molecule has 0 aliphatic carbocycles. The molecule has 4 aromatic rings.